The van der Waals surface area contributed by atoms with Gasteiger partial charge in [-0.1, -0.05) is 42.5 Å². The first-order valence-corrected chi connectivity index (χ1v) is 11.3. The summed E-state index contributed by atoms with van der Waals surface area (Å²) in [6, 6.07) is 19.5. The molecule has 8 heteroatoms. The van der Waals surface area contributed by atoms with Crippen LogP contribution in [0.2, 0.25) is 0 Å². The zero-order valence-corrected chi connectivity index (χ0v) is 18.3. The van der Waals surface area contributed by atoms with Crippen molar-refractivity contribution in [2.75, 3.05) is 5.32 Å². The lowest BCUT2D eigenvalue weighted by Crippen LogP contribution is -2.31. The van der Waals surface area contributed by atoms with Crippen LogP contribution in [0.15, 0.2) is 71.6 Å². The number of benzene rings is 3. The summed E-state index contributed by atoms with van der Waals surface area (Å²) in [4.78, 5) is 25.8. The molecule has 1 N–H and O–H groups in total. The number of thioether (sulfide) groups is 1. The van der Waals surface area contributed by atoms with E-state index in [-0.39, 0.29) is 25.5 Å². The number of halogens is 1. The van der Waals surface area contributed by atoms with Crippen LogP contribution in [-0.2, 0) is 32.3 Å². The molecule has 0 fully saturated rings. The van der Waals surface area contributed by atoms with Gasteiger partial charge >= 0.3 is 5.97 Å². The minimum atomic E-state index is -0.638. The maximum atomic E-state index is 14.2. The van der Waals surface area contributed by atoms with Crippen LogP contribution in [-0.4, -0.2) is 17.1 Å². The topological polar surface area (TPSA) is 73.9 Å². The summed E-state index contributed by atoms with van der Waals surface area (Å²) < 4.78 is 31.3. The van der Waals surface area contributed by atoms with E-state index in [1.807, 2.05) is 54.6 Å². The smallest absolute Gasteiger partial charge is 0.307 e. The third kappa shape index (κ3) is 4.72. The van der Waals surface area contributed by atoms with Gasteiger partial charge in [-0.3, -0.25) is 9.59 Å². The molecular weight excluding hydrogens is 445 g/mol. The Labute approximate surface area is 194 Å². The second kappa shape index (κ2) is 9.25. The van der Waals surface area contributed by atoms with Crippen molar-refractivity contribution in [1.82, 2.24) is 0 Å². The number of hydrogen-bond acceptors (Lipinski definition) is 6. The number of rotatable bonds is 5. The maximum Gasteiger partial charge on any atom is 0.307 e. The molecule has 2 heterocycles. The van der Waals surface area contributed by atoms with Gasteiger partial charge in [-0.15, -0.1) is 11.8 Å². The Balaban J connectivity index is 1.26. The van der Waals surface area contributed by atoms with E-state index >= 15 is 0 Å². The zero-order chi connectivity index (χ0) is 22.8. The first kappa shape index (κ1) is 21.5. The van der Waals surface area contributed by atoms with Crippen LogP contribution in [0.4, 0.5) is 10.1 Å². The molecule has 0 radical (unpaired) electrons. The number of esters is 1. The molecule has 2 aliphatic rings. The van der Waals surface area contributed by atoms with Crippen molar-refractivity contribution >= 4 is 29.3 Å². The van der Waals surface area contributed by atoms with Crippen LogP contribution in [0, 0.1) is 5.82 Å². The predicted octanol–water partition coefficient (Wildman–Crippen LogP) is 4.98. The number of para-hydroxylation sites is 1. The lowest BCUT2D eigenvalue weighted by Gasteiger charge is -2.28. The highest BCUT2D eigenvalue weighted by atomic mass is 32.2. The highest BCUT2D eigenvalue weighted by Gasteiger charge is 2.30. The monoisotopic (exact) mass is 465 g/mol. The molecule has 0 aromatic heterocycles. The first-order valence-electron chi connectivity index (χ1n) is 10.4. The molecule has 33 heavy (non-hydrogen) atoms. The van der Waals surface area contributed by atoms with Crippen LogP contribution >= 0.6 is 11.8 Å². The van der Waals surface area contributed by atoms with Gasteiger partial charge in [0.15, 0.2) is 0 Å². The van der Waals surface area contributed by atoms with E-state index in [1.54, 1.807) is 0 Å². The number of amides is 1. The Morgan fingerprint density at radius 2 is 1.91 bits per heavy atom. The minimum absolute atomic E-state index is 0.0983. The lowest BCUT2D eigenvalue weighted by molar-refractivity contribution is -0.146. The van der Waals surface area contributed by atoms with Gasteiger partial charge in [0.2, 0.25) is 12.2 Å². The Morgan fingerprint density at radius 3 is 2.76 bits per heavy atom. The van der Waals surface area contributed by atoms with Gasteiger partial charge in [0.25, 0.3) is 0 Å². The Bertz CT molecular complexity index is 1200. The molecule has 6 nitrogen and oxygen atoms in total. The van der Waals surface area contributed by atoms with Gasteiger partial charge in [0, 0.05) is 21.6 Å². The third-order valence-electron chi connectivity index (χ3n) is 5.34. The van der Waals surface area contributed by atoms with E-state index in [1.165, 1.54) is 23.9 Å². The second-order valence-electron chi connectivity index (χ2n) is 7.68. The second-order valence-corrected chi connectivity index (χ2v) is 8.93. The average Bonchev–Trinajstić information content (AvgIpc) is 2.83. The van der Waals surface area contributed by atoms with Crippen LogP contribution in [0.25, 0.3) is 0 Å². The summed E-state index contributed by atoms with van der Waals surface area (Å²) in [7, 11) is 0. The first-order chi connectivity index (χ1) is 16.1. The van der Waals surface area contributed by atoms with Crippen LogP contribution in [0.5, 0.6) is 5.75 Å². The molecule has 0 saturated heterocycles. The van der Waals surface area contributed by atoms with E-state index < -0.39 is 23.3 Å². The third-order valence-corrected chi connectivity index (χ3v) is 6.62. The van der Waals surface area contributed by atoms with E-state index in [4.69, 9.17) is 14.2 Å². The van der Waals surface area contributed by atoms with Crippen molar-refractivity contribution in [3.05, 3.63) is 89.2 Å². The molecule has 0 aliphatic carbocycles. The van der Waals surface area contributed by atoms with Gasteiger partial charge in [-0.25, -0.2) is 4.39 Å². The summed E-state index contributed by atoms with van der Waals surface area (Å²) in [5.74, 6) is -0.816. The lowest BCUT2D eigenvalue weighted by atomic mass is 10.1. The number of ether oxygens (including phenoxy) is 3. The molecular formula is C25H20FNO5S. The summed E-state index contributed by atoms with van der Waals surface area (Å²) in [6.45, 7) is 0.00191. The zero-order valence-electron chi connectivity index (χ0n) is 17.5. The normalized spacial score (nSPS) is 19.0. The van der Waals surface area contributed by atoms with E-state index in [2.05, 4.69) is 5.32 Å². The number of nitrogens with one attached hydrogen (secondary N) is 1. The molecule has 2 atom stereocenters. The van der Waals surface area contributed by atoms with Gasteiger partial charge in [-0.05, 0) is 24.3 Å². The Morgan fingerprint density at radius 1 is 1.12 bits per heavy atom. The van der Waals surface area contributed by atoms with Crippen molar-refractivity contribution in [2.24, 2.45) is 0 Å². The standard InChI is InChI=1S/C25H20FNO5S/c26-18-10-16(23-17(11-18)14-31-25(32-23)15-6-2-1-3-7-15)13-30-22(28)12-21-24(29)27-19-8-4-5-9-20(19)33-21/h1-11,21,25H,12-14H2,(H,27,29)/t21-,25-/m0/s1. The van der Waals surface area contributed by atoms with E-state index in [0.717, 1.165) is 16.1 Å². The van der Waals surface area contributed by atoms with Crippen LogP contribution < -0.4 is 10.1 Å². The van der Waals surface area contributed by atoms with Gasteiger partial charge in [-0.2, -0.15) is 0 Å². The summed E-state index contributed by atoms with van der Waals surface area (Å²) in [5, 5.41) is 2.21. The molecule has 0 saturated carbocycles. The van der Waals surface area contributed by atoms with Gasteiger partial charge in [0.1, 0.15) is 18.2 Å². The SMILES string of the molecule is O=C(C[C@@H]1Sc2ccccc2NC1=O)OCc1cc(F)cc2c1O[C@@H](c1ccccc1)OC2. The molecule has 0 spiro atoms. The molecule has 1 amide bonds. The number of hydrogen-bond donors (Lipinski definition) is 1. The maximum absolute atomic E-state index is 14.2. The summed E-state index contributed by atoms with van der Waals surface area (Å²) in [5.41, 5.74) is 2.52. The quantitative estimate of drug-likeness (QED) is 0.536. The minimum Gasteiger partial charge on any atom is -0.461 e. The summed E-state index contributed by atoms with van der Waals surface area (Å²) in [6.07, 6.45) is -0.736. The molecule has 2 aliphatic heterocycles. The number of fused-ring (bicyclic) bond motifs is 2. The predicted molar refractivity (Wildman–Crippen MR) is 120 cm³/mol. The highest BCUT2D eigenvalue weighted by Crippen LogP contribution is 2.38. The molecule has 3 aromatic rings. The van der Waals surface area contributed by atoms with Crippen molar-refractivity contribution in [2.45, 2.75) is 36.1 Å². The summed E-state index contributed by atoms with van der Waals surface area (Å²) >= 11 is 1.32. The number of carbonyl (C=O) groups is 2. The molecule has 3 aromatic carbocycles. The van der Waals surface area contributed by atoms with E-state index in [0.29, 0.717) is 16.9 Å². The van der Waals surface area contributed by atoms with Crippen LogP contribution in [0.3, 0.4) is 0 Å². The average molecular weight is 466 g/mol. The molecule has 5 rings (SSSR count). The van der Waals surface area contributed by atoms with Crippen molar-refractivity contribution < 1.29 is 28.2 Å². The van der Waals surface area contributed by atoms with Gasteiger partial charge in [0.05, 0.1) is 24.0 Å². The van der Waals surface area contributed by atoms with Crippen molar-refractivity contribution in [3.8, 4) is 5.75 Å². The molecule has 0 unspecified atom stereocenters. The fourth-order valence-electron chi connectivity index (χ4n) is 3.75. The van der Waals surface area contributed by atoms with Crippen molar-refractivity contribution in [3.63, 3.8) is 0 Å². The highest BCUT2D eigenvalue weighted by molar-refractivity contribution is 8.01. The van der Waals surface area contributed by atoms with Crippen molar-refractivity contribution in [1.29, 1.82) is 0 Å². The van der Waals surface area contributed by atoms with Gasteiger partial charge < -0.3 is 19.5 Å². The Kier molecular flexibility index (Phi) is 6.02. The number of carbonyl (C=O) groups excluding carboxylic acids is 2. The largest absolute Gasteiger partial charge is 0.461 e. The Hall–Kier alpha value is -3.36. The van der Waals surface area contributed by atoms with E-state index in [9.17, 15) is 14.0 Å². The molecule has 0 bridgehead atoms. The molecule has 168 valence electrons. The fourth-order valence-corrected chi connectivity index (χ4v) is 4.85. The fraction of sp³-hybridized carbons (Fsp3) is 0.200. The van der Waals surface area contributed by atoms with Crippen LogP contribution in [0.1, 0.15) is 29.4 Å². The number of anilines is 1.